The van der Waals surface area contributed by atoms with Crippen molar-refractivity contribution in [1.82, 2.24) is 0 Å². The molecule has 0 radical (unpaired) electrons. The van der Waals surface area contributed by atoms with E-state index in [1.165, 1.54) is 83.5 Å². The second kappa shape index (κ2) is 46.3. The van der Waals surface area contributed by atoms with Gasteiger partial charge in [0, 0.05) is 19.3 Å². The minimum atomic E-state index is -0.879. The molecule has 0 amide bonds. The van der Waals surface area contributed by atoms with Crippen LogP contribution in [0.2, 0.25) is 0 Å². The van der Waals surface area contributed by atoms with Crippen LogP contribution in [0.5, 0.6) is 0 Å². The third-order valence-electron chi connectivity index (χ3n) is 11.3. The molecule has 0 spiro atoms. The molecule has 8 heteroatoms. The molecule has 2 unspecified atom stereocenters. The van der Waals surface area contributed by atoms with E-state index in [4.69, 9.17) is 14.2 Å². The smallest absolute Gasteiger partial charge is 0.362 e. The number of carbonyl (C=O) groups excluding carboxylic acids is 2. The van der Waals surface area contributed by atoms with E-state index in [2.05, 4.69) is 86.8 Å². The number of allylic oxidation sites excluding steroid dienone is 12. The van der Waals surface area contributed by atoms with Gasteiger partial charge in [-0.2, -0.15) is 0 Å². The van der Waals surface area contributed by atoms with Crippen molar-refractivity contribution < 1.29 is 38.2 Å². The first-order chi connectivity index (χ1) is 31.1. The standard InChI is InChI=1S/C56H97NO7/c1-6-8-10-12-14-16-18-20-22-24-26-27-28-29-31-32-34-36-38-40-42-44-46-54(58)63-51-52(50-62-49-48-53(56(60)61)57(3,4)5)64-55(59)47-45-43-41-39-37-35-33-30-25-23-21-19-17-15-13-11-9-7-2/h8,10,14,16,20,22,26-27,29-31,33,52-53H,6-7,9,11-13,15,17-19,21,23-25,28,32,34-51H2,1-5H3/p+1/b10-8+,16-14+,22-20+,27-26+,31-29+,33-30+. The van der Waals surface area contributed by atoms with Gasteiger partial charge in [-0.15, -0.1) is 0 Å². The Morgan fingerprint density at radius 2 is 0.875 bits per heavy atom. The molecule has 0 aromatic carbocycles. The third-order valence-corrected chi connectivity index (χ3v) is 11.3. The van der Waals surface area contributed by atoms with E-state index in [9.17, 15) is 19.5 Å². The van der Waals surface area contributed by atoms with Gasteiger partial charge in [0.1, 0.15) is 6.61 Å². The molecule has 0 aliphatic heterocycles. The van der Waals surface area contributed by atoms with Crippen LogP contribution in [0.1, 0.15) is 213 Å². The van der Waals surface area contributed by atoms with Crippen molar-refractivity contribution in [3.8, 4) is 0 Å². The Morgan fingerprint density at radius 3 is 1.31 bits per heavy atom. The van der Waals surface area contributed by atoms with Crippen LogP contribution in [-0.4, -0.2) is 80.6 Å². The van der Waals surface area contributed by atoms with Crippen LogP contribution in [0.4, 0.5) is 0 Å². The number of carbonyl (C=O) groups is 3. The predicted molar refractivity (Wildman–Crippen MR) is 270 cm³/mol. The number of carboxylic acid groups (broad SMARTS) is 1. The van der Waals surface area contributed by atoms with Gasteiger partial charge in [-0.3, -0.25) is 9.59 Å². The Balaban J connectivity index is 4.29. The highest BCUT2D eigenvalue weighted by Gasteiger charge is 2.31. The number of aliphatic carboxylic acids is 1. The molecule has 0 saturated heterocycles. The number of esters is 2. The van der Waals surface area contributed by atoms with Crippen molar-refractivity contribution in [2.75, 3.05) is 41.0 Å². The van der Waals surface area contributed by atoms with Crippen molar-refractivity contribution in [1.29, 1.82) is 0 Å². The molecule has 0 saturated carbocycles. The first-order valence-corrected chi connectivity index (χ1v) is 26.0. The highest BCUT2D eigenvalue weighted by molar-refractivity contribution is 5.72. The van der Waals surface area contributed by atoms with E-state index in [0.717, 1.165) is 96.3 Å². The van der Waals surface area contributed by atoms with Crippen LogP contribution in [0, 0.1) is 0 Å². The van der Waals surface area contributed by atoms with Gasteiger partial charge in [0.2, 0.25) is 0 Å². The Hall–Kier alpha value is -3.23. The molecule has 0 aliphatic rings. The normalized spacial score (nSPS) is 13.5. The highest BCUT2D eigenvalue weighted by Crippen LogP contribution is 2.14. The summed E-state index contributed by atoms with van der Waals surface area (Å²) in [4.78, 5) is 37.2. The van der Waals surface area contributed by atoms with Crippen LogP contribution >= 0.6 is 0 Å². The third kappa shape index (κ3) is 44.0. The van der Waals surface area contributed by atoms with Crippen molar-refractivity contribution in [3.63, 3.8) is 0 Å². The zero-order valence-corrected chi connectivity index (χ0v) is 42.0. The maximum absolute atomic E-state index is 12.8. The molecule has 8 nitrogen and oxygen atoms in total. The van der Waals surface area contributed by atoms with Crippen LogP contribution in [-0.2, 0) is 28.6 Å². The molecule has 0 heterocycles. The number of nitrogens with zero attached hydrogens (tertiary/aromatic N) is 1. The number of quaternary nitrogens is 1. The number of unbranched alkanes of at least 4 members (excludes halogenated alkanes) is 20. The fourth-order valence-corrected chi connectivity index (χ4v) is 7.35. The Morgan fingerprint density at radius 1 is 0.484 bits per heavy atom. The Bertz CT molecular complexity index is 1270. The Kier molecular flexibility index (Phi) is 44.0. The SMILES string of the molecule is CC/C=C/C/C=C/C/C=C/C/C=C/C/C=C/CCCCCCCCC(=O)OCC(COCCC(C(=O)O)[N+](C)(C)C)OC(=O)CCCCCCC/C=C/CCCCCCCCCCC. The van der Waals surface area contributed by atoms with E-state index in [1.807, 2.05) is 21.1 Å². The minimum absolute atomic E-state index is 0.0504. The average Bonchev–Trinajstić information content (AvgIpc) is 3.26. The molecular weight excluding hydrogens is 799 g/mol. The lowest BCUT2D eigenvalue weighted by molar-refractivity contribution is -0.887. The van der Waals surface area contributed by atoms with Crippen LogP contribution < -0.4 is 0 Å². The first-order valence-electron chi connectivity index (χ1n) is 26.0. The highest BCUT2D eigenvalue weighted by atomic mass is 16.6. The zero-order valence-electron chi connectivity index (χ0n) is 42.0. The van der Waals surface area contributed by atoms with Gasteiger partial charge < -0.3 is 23.8 Å². The number of hydrogen-bond acceptors (Lipinski definition) is 6. The minimum Gasteiger partial charge on any atom is -0.477 e. The van der Waals surface area contributed by atoms with E-state index in [1.54, 1.807) is 0 Å². The summed E-state index contributed by atoms with van der Waals surface area (Å²) >= 11 is 0. The summed E-state index contributed by atoms with van der Waals surface area (Å²) < 4.78 is 17.3. The summed E-state index contributed by atoms with van der Waals surface area (Å²) in [5.41, 5.74) is 0. The summed E-state index contributed by atoms with van der Waals surface area (Å²) in [5, 5.41) is 9.66. The van der Waals surface area contributed by atoms with Gasteiger partial charge in [0.25, 0.3) is 0 Å². The van der Waals surface area contributed by atoms with Crippen molar-refractivity contribution in [3.05, 3.63) is 72.9 Å². The van der Waals surface area contributed by atoms with E-state index in [0.29, 0.717) is 19.3 Å². The summed E-state index contributed by atoms with van der Waals surface area (Å²) in [6.07, 6.45) is 59.5. The van der Waals surface area contributed by atoms with Gasteiger partial charge >= 0.3 is 17.9 Å². The Labute approximate surface area is 393 Å². The van der Waals surface area contributed by atoms with Gasteiger partial charge in [-0.25, -0.2) is 4.79 Å². The largest absolute Gasteiger partial charge is 0.477 e. The summed E-state index contributed by atoms with van der Waals surface area (Å²) in [5.74, 6) is -1.50. The molecule has 368 valence electrons. The quantitative estimate of drug-likeness (QED) is 0.0281. The molecule has 0 fully saturated rings. The molecule has 0 bridgehead atoms. The number of carboxylic acids is 1. The molecule has 0 rings (SSSR count). The van der Waals surface area contributed by atoms with Gasteiger partial charge in [-0.1, -0.05) is 183 Å². The lowest BCUT2D eigenvalue weighted by Gasteiger charge is -2.31. The number of ether oxygens (including phenoxy) is 3. The second-order valence-corrected chi connectivity index (χ2v) is 18.4. The number of likely N-dealkylation sites (N-methyl/N-ethyl adjacent to an activating group) is 1. The molecule has 64 heavy (non-hydrogen) atoms. The van der Waals surface area contributed by atoms with Crippen LogP contribution in [0.3, 0.4) is 0 Å². The summed E-state index contributed by atoms with van der Waals surface area (Å²) in [6.45, 7) is 4.61. The molecule has 0 aromatic rings. The van der Waals surface area contributed by atoms with Crippen molar-refractivity contribution >= 4 is 17.9 Å². The maximum atomic E-state index is 12.8. The molecule has 2 atom stereocenters. The molecule has 0 aromatic heterocycles. The first kappa shape index (κ1) is 60.8. The van der Waals surface area contributed by atoms with Gasteiger partial charge in [0.05, 0.1) is 34.4 Å². The van der Waals surface area contributed by atoms with Crippen LogP contribution in [0.15, 0.2) is 72.9 Å². The van der Waals surface area contributed by atoms with Gasteiger partial charge in [-0.05, 0) is 83.5 Å². The van der Waals surface area contributed by atoms with E-state index >= 15 is 0 Å². The molecule has 1 N–H and O–H groups in total. The summed E-state index contributed by atoms with van der Waals surface area (Å²) in [7, 11) is 5.53. The van der Waals surface area contributed by atoms with E-state index < -0.39 is 18.1 Å². The lowest BCUT2D eigenvalue weighted by Crippen LogP contribution is -2.50. The fourth-order valence-electron chi connectivity index (χ4n) is 7.35. The van der Waals surface area contributed by atoms with Crippen molar-refractivity contribution in [2.24, 2.45) is 0 Å². The zero-order chi connectivity index (χ0) is 47.0. The van der Waals surface area contributed by atoms with Crippen molar-refractivity contribution in [2.45, 2.75) is 225 Å². The maximum Gasteiger partial charge on any atom is 0.362 e. The topological polar surface area (TPSA) is 99.1 Å². The van der Waals surface area contributed by atoms with Crippen LogP contribution in [0.25, 0.3) is 0 Å². The average molecular weight is 897 g/mol. The molecule has 0 aliphatic carbocycles. The van der Waals surface area contributed by atoms with Gasteiger partial charge in [0.15, 0.2) is 12.1 Å². The lowest BCUT2D eigenvalue weighted by atomic mass is 10.1. The monoisotopic (exact) mass is 897 g/mol. The predicted octanol–water partition coefficient (Wildman–Crippen LogP) is 15.1. The number of hydrogen-bond donors (Lipinski definition) is 1. The van der Waals surface area contributed by atoms with E-state index in [-0.39, 0.29) is 36.2 Å². The second-order valence-electron chi connectivity index (χ2n) is 18.4. The summed E-state index contributed by atoms with van der Waals surface area (Å²) in [6, 6.07) is -0.622. The number of rotatable bonds is 46. The molecular formula is C56H98NO7+. The fraction of sp³-hybridized carbons (Fsp3) is 0.732.